The summed E-state index contributed by atoms with van der Waals surface area (Å²) in [5.74, 6) is 0. The molecule has 3 heteroatoms. The van der Waals surface area contributed by atoms with Crippen molar-refractivity contribution >= 4 is 0 Å². The molecule has 0 aromatic heterocycles. The second-order valence-electron chi connectivity index (χ2n) is 2.44. The van der Waals surface area contributed by atoms with Crippen molar-refractivity contribution in [1.29, 1.82) is 0 Å². The lowest BCUT2D eigenvalue weighted by atomic mass is 10.4. The van der Waals surface area contributed by atoms with E-state index in [-0.39, 0.29) is 0 Å². The van der Waals surface area contributed by atoms with Gasteiger partial charge < -0.3 is 5.43 Å². The van der Waals surface area contributed by atoms with E-state index in [9.17, 15) is 0 Å². The number of hydrogen-bond acceptors (Lipinski definition) is 3. The Hall–Kier alpha value is -0.700. The lowest BCUT2D eigenvalue weighted by molar-refractivity contribution is 0.271. The third kappa shape index (κ3) is 1.64. The average molecular weight is 141 g/mol. The molecule has 0 aromatic carbocycles. The van der Waals surface area contributed by atoms with Gasteiger partial charge in [0.2, 0.25) is 0 Å². The molecule has 0 radical (unpaired) electrons. The number of allylic oxidation sites excluding steroid dienone is 1. The largest absolute Gasteiger partial charge is 0.306 e. The van der Waals surface area contributed by atoms with Crippen molar-refractivity contribution in [3.63, 3.8) is 0 Å². The summed E-state index contributed by atoms with van der Waals surface area (Å²) in [7, 11) is 0. The highest BCUT2D eigenvalue weighted by Gasteiger charge is 2.06. The van der Waals surface area contributed by atoms with Crippen LogP contribution in [0.25, 0.3) is 0 Å². The van der Waals surface area contributed by atoms with E-state index in [1.165, 1.54) is 12.1 Å². The van der Waals surface area contributed by atoms with Gasteiger partial charge in [-0.2, -0.15) is 0 Å². The van der Waals surface area contributed by atoms with Gasteiger partial charge in [0.1, 0.15) is 0 Å². The Morgan fingerprint density at radius 3 is 2.80 bits per heavy atom. The van der Waals surface area contributed by atoms with Gasteiger partial charge in [-0.15, -0.1) is 5.53 Å². The molecular formula is C7H15N3. The third-order valence-corrected chi connectivity index (χ3v) is 1.52. The predicted molar refractivity (Wildman–Crippen MR) is 41.6 cm³/mol. The van der Waals surface area contributed by atoms with Crippen LogP contribution in [0.5, 0.6) is 0 Å². The molecule has 0 saturated carbocycles. The molecule has 2 N–H and O–H groups in total. The summed E-state index contributed by atoms with van der Waals surface area (Å²) in [6, 6.07) is 0. The van der Waals surface area contributed by atoms with Crippen LogP contribution >= 0.6 is 0 Å². The topological polar surface area (TPSA) is 27.3 Å². The van der Waals surface area contributed by atoms with Gasteiger partial charge in [0, 0.05) is 18.4 Å². The van der Waals surface area contributed by atoms with Crippen molar-refractivity contribution in [2.24, 2.45) is 0 Å². The Bertz CT molecular complexity index is 131. The SMILES string of the molecule is CCCN1C=C(CC)NN1. The minimum atomic E-state index is 1.06. The third-order valence-electron chi connectivity index (χ3n) is 1.52. The molecule has 0 aliphatic carbocycles. The quantitative estimate of drug-likeness (QED) is 0.613. The molecule has 0 fully saturated rings. The van der Waals surface area contributed by atoms with E-state index >= 15 is 0 Å². The Morgan fingerprint density at radius 1 is 1.50 bits per heavy atom. The van der Waals surface area contributed by atoms with Gasteiger partial charge in [-0.25, -0.2) is 0 Å². The predicted octanol–water partition coefficient (Wildman–Crippen LogP) is 0.973. The minimum absolute atomic E-state index is 1.06. The molecular weight excluding hydrogens is 126 g/mol. The molecule has 0 bridgehead atoms. The van der Waals surface area contributed by atoms with Crippen LogP contribution in [0.3, 0.4) is 0 Å². The van der Waals surface area contributed by atoms with E-state index in [2.05, 4.69) is 36.0 Å². The number of nitrogens with zero attached hydrogens (tertiary/aromatic N) is 1. The highest BCUT2D eigenvalue weighted by molar-refractivity contribution is 5.00. The molecule has 1 heterocycles. The first-order valence-electron chi connectivity index (χ1n) is 3.85. The Morgan fingerprint density at radius 2 is 2.30 bits per heavy atom. The molecule has 0 aromatic rings. The first-order chi connectivity index (χ1) is 4.86. The first kappa shape index (κ1) is 7.41. The maximum atomic E-state index is 3.08. The van der Waals surface area contributed by atoms with Gasteiger partial charge in [-0.3, -0.25) is 5.01 Å². The second-order valence-corrected chi connectivity index (χ2v) is 2.44. The zero-order chi connectivity index (χ0) is 7.40. The molecule has 1 rings (SSSR count). The molecule has 1 aliphatic rings. The number of rotatable bonds is 3. The lowest BCUT2D eigenvalue weighted by Crippen LogP contribution is -2.36. The van der Waals surface area contributed by atoms with Crippen LogP contribution in [0, 0.1) is 0 Å². The van der Waals surface area contributed by atoms with Crippen molar-refractivity contribution in [1.82, 2.24) is 16.0 Å². The fourth-order valence-corrected chi connectivity index (χ4v) is 0.937. The van der Waals surface area contributed by atoms with E-state index in [1.54, 1.807) is 0 Å². The van der Waals surface area contributed by atoms with E-state index < -0.39 is 0 Å². The maximum Gasteiger partial charge on any atom is 0.0450 e. The van der Waals surface area contributed by atoms with Gasteiger partial charge in [0.25, 0.3) is 0 Å². The van der Waals surface area contributed by atoms with E-state index in [4.69, 9.17) is 0 Å². The van der Waals surface area contributed by atoms with E-state index in [1.807, 2.05) is 0 Å². The summed E-state index contributed by atoms with van der Waals surface area (Å²) in [4.78, 5) is 0. The molecule has 1 aliphatic heterocycles. The first-order valence-corrected chi connectivity index (χ1v) is 3.85. The molecule has 0 atom stereocenters. The van der Waals surface area contributed by atoms with Gasteiger partial charge >= 0.3 is 0 Å². The molecule has 58 valence electrons. The highest BCUT2D eigenvalue weighted by atomic mass is 15.7. The maximum absolute atomic E-state index is 3.08. The number of hydrogen-bond donors (Lipinski definition) is 2. The Labute approximate surface area is 62.0 Å². The average Bonchev–Trinajstić information content (AvgIpc) is 2.37. The van der Waals surface area contributed by atoms with Crippen LogP contribution in [-0.4, -0.2) is 11.6 Å². The Balaban J connectivity index is 2.32. The van der Waals surface area contributed by atoms with Gasteiger partial charge in [-0.1, -0.05) is 13.8 Å². The summed E-state index contributed by atoms with van der Waals surface area (Å²) in [5.41, 5.74) is 7.39. The zero-order valence-corrected chi connectivity index (χ0v) is 6.65. The lowest BCUT2D eigenvalue weighted by Gasteiger charge is -2.12. The molecule has 10 heavy (non-hydrogen) atoms. The fourth-order valence-electron chi connectivity index (χ4n) is 0.937. The number of hydrazine groups is 2. The highest BCUT2D eigenvalue weighted by Crippen LogP contribution is 2.02. The van der Waals surface area contributed by atoms with Crippen LogP contribution in [0.15, 0.2) is 11.9 Å². The van der Waals surface area contributed by atoms with Crippen LogP contribution < -0.4 is 11.0 Å². The van der Waals surface area contributed by atoms with Crippen molar-refractivity contribution in [3.05, 3.63) is 11.9 Å². The second kappa shape index (κ2) is 3.46. The Kier molecular flexibility index (Phi) is 2.57. The minimum Gasteiger partial charge on any atom is -0.306 e. The van der Waals surface area contributed by atoms with Gasteiger partial charge in [0.15, 0.2) is 0 Å². The van der Waals surface area contributed by atoms with Gasteiger partial charge in [-0.05, 0) is 12.8 Å². The van der Waals surface area contributed by atoms with Crippen molar-refractivity contribution in [2.75, 3.05) is 6.54 Å². The van der Waals surface area contributed by atoms with E-state index in [0.717, 1.165) is 13.0 Å². The fraction of sp³-hybridized carbons (Fsp3) is 0.714. The zero-order valence-electron chi connectivity index (χ0n) is 6.65. The molecule has 0 saturated heterocycles. The monoisotopic (exact) mass is 141 g/mol. The van der Waals surface area contributed by atoms with Crippen molar-refractivity contribution < 1.29 is 0 Å². The normalized spacial score (nSPS) is 17.0. The molecule has 0 spiro atoms. The molecule has 0 amide bonds. The van der Waals surface area contributed by atoms with Gasteiger partial charge in [0.05, 0.1) is 0 Å². The summed E-state index contributed by atoms with van der Waals surface area (Å²) in [5, 5.41) is 2.07. The van der Waals surface area contributed by atoms with Crippen LogP contribution in [-0.2, 0) is 0 Å². The standard InChI is InChI=1S/C7H15N3/c1-3-5-10-6-7(4-2)8-9-10/h6,8-9H,3-5H2,1-2H3. The summed E-state index contributed by atoms with van der Waals surface area (Å²) < 4.78 is 0. The van der Waals surface area contributed by atoms with Crippen LogP contribution in [0.4, 0.5) is 0 Å². The van der Waals surface area contributed by atoms with Crippen LogP contribution in [0.1, 0.15) is 26.7 Å². The van der Waals surface area contributed by atoms with E-state index in [0.29, 0.717) is 0 Å². The van der Waals surface area contributed by atoms with Crippen LogP contribution in [0.2, 0.25) is 0 Å². The summed E-state index contributed by atoms with van der Waals surface area (Å²) >= 11 is 0. The molecule has 0 unspecified atom stereocenters. The van der Waals surface area contributed by atoms with Crippen molar-refractivity contribution in [3.8, 4) is 0 Å². The summed E-state index contributed by atoms with van der Waals surface area (Å²) in [6.45, 7) is 5.37. The van der Waals surface area contributed by atoms with Crippen molar-refractivity contribution in [2.45, 2.75) is 26.7 Å². The number of nitrogens with one attached hydrogen (secondary N) is 2. The molecule has 3 nitrogen and oxygen atoms in total. The summed E-state index contributed by atoms with van der Waals surface area (Å²) in [6.07, 6.45) is 4.35. The smallest absolute Gasteiger partial charge is 0.0450 e.